The number of methoxy groups -OCH3 is 3. The molecule has 0 unspecified atom stereocenters. The lowest BCUT2D eigenvalue weighted by atomic mass is 9.96. The fraction of sp³-hybridized carbons (Fsp3) is 0.545. The average molecular weight is 450 g/mol. The molecule has 1 heterocycles. The van der Waals surface area contributed by atoms with Crippen molar-refractivity contribution >= 4 is 11.9 Å². The number of carbonyl (C=O) groups is 2. The van der Waals surface area contributed by atoms with E-state index >= 15 is 0 Å². The van der Waals surface area contributed by atoms with Crippen LogP contribution in [0.3, 0.4) is 0 Å². The summed E-state index contributed by atoms with van der Waals surface area (Å²) in [6.07, 6.45) is 1.09. The summed E-state index contributed by atoms with van der Waals surface area (Å²) < 4.78 is 26.1. The lowest BCUT2D eigenvalue weighted by Gasteiger charge is -2.14. The van der Waals surface area contributed by atoms with Gasteiger partial charge in [-0.3, -0.25) is 9.59 Å². The summed E-state index contributed by atoms with van der Waals surface area (Å²) in [7, 11) is 4.57. The van der Waals surface area contributed by atoms with Gasteiger partial charge in [-0.25, -0.2) is 0 Å². The molecule has 1 aromatic carbocycles. The normalized spacial score (nSPS) is 11.1. The molecule has 0 saturated carbocycles. The van der Waals surface area contributed by atoms with Gasteiger partial charge in [0.1, 0.15) is 5.75 Å². The maximum atomic E-state index is 12.1. The Balaban J connectivity index is 1.75. The van der Waals surface area contributed by atoms with Gasteiger partial charge < -0.3 is 28.8 Å². The van der Waals surface area contributed by atoms with Gasteiger partial charge in [-0.2, -0.15) is 4.98 Å². The van der Waals surface area contributed by atoms with Crippen LogP contribution in [0.25, 0.3) is 0 Å². The van der Waals surface area contributed by atoms with Crippen LogP contribution < -0.4 is 19.5 Å². The number of nitrogens with one attached hydrogen (secondary N) is 1. The summed E-state index contributed by atoms with van der Waals surface area (Å²) >= 11 is 0. The minimum Gasteiger partial charge on any atom is -0.496 e. The molecular weight excluding hydrogens is 418 g/mol. The molecule has 0 saturated heterocycles. The van der Waals surface area contributed by atoms with E-state index < -0.39 is 11.9 Å². The molecule has 1 aromatic heterocycles. The van der Waals surface area contributed by atoms with Crippen molar-refractivity contribution in [2.75, 3.05) is 27.9 Å². The number of aryl methyl sites for hydroxylation is 1. The fourth-order valence-corrected chi connectivity index (χ4v) is 2.74. The Kier molecular flexibility index (Phi) is 8.86. The molecule has 2 rings (SSSR count). The molecule has 0 bridgehead atoms. The van der Waals surface area contributed by atoms with Crippen molar-refractivity contribution in [3.63, 3.8) is 0 Å². The molecule has 0 aliphatic carbocycles. The highest BCUT2D eigenvalue weighted by Crippen LogP contribution is 2.34. The highest BCUT2D eigenvalue weighted by molar-refractivity contribution is 5.80. The third kappa shape index (κ3) is 7.14. The Morgan fingerprint density at radius 3 is 2.28 bits per heavy atom. The summed E-state index contributed by atoms with van der Waals surface area (Å²) in [5, 5.41) is 6.63. The van der Waals surface area contributed by atoms with Gasteiger partial charge in [0, 0.05) is 36.4 Å². The number of esters is 1. The number of ether oxygens (including phenoxy) is 4. The second kappa shape index (κ2) is 11.4. The van der Waals surface area contributed by atoms with Gasteiger partial charge in [0.05, 0.1) is 21.3 Å². The van der Waals surface area contributed by atoms with Crippen molar-refractivity contribution in [1.29, 1.82) is 0 Å². The molecule has 2 aromatic rings. The van der Waals surface area contributed by atoms with Crippen molar-refractivity contribution in [2.45, 2.75) is 52.0 Å². The largest absolute Gasteiger partial charge is 0.496 e. The second-order valence-corrected chi connectivity index (χ2v) is 8.07. The number of amides is 1. The number of nitrogens with zero attached hydrogens (tertiary/aromatic N) is 2. The Morgan fingerprint density at radius 2 is 1.69 bits per heavy atom. The first kappa shape index (κ1) is 25.0. The molecule has 0 atom stereocenters. The van der Waals surface area contributed by atoms with Gasteiger partial charge >= 0.3 is 5.97 Å². The van der Waals surface area contributed by atoms with E-state index in [1.54, 1.807) is 12.1 Å². The summed E-state index contributed by atoms with van der Waals surface area (Å²) in [6.45, 7) is 5.78. The van der Waals surface area contributed by atoms with Crippen LogP contribution in [-0.4, -0.2) is 50.0 Å². The Bertz CT molecular complexity index is 919. The summed E-state index contributed by atoms with van der Waals surface area (Å²) in [4.78, 5) is 28.3. The van der Waals surface area contributed by atoms with Gasteiger partial charge in [-0.1, -0.05) is 25.9 Å². The Hall–Kier alpha value is -3.30. The minimum absolute atomic E-state index is 0.143. The van der Waals surface area contributed by atoms with Crippen LogP contribution in [0.15, 0.2) is 16.7 Å². The van der Waals surface area contributed by atoms with Crippen LogP contribution in [0.2, 0.25) is 0 Å². The molecule has 32 heavy (non-hydrogen) atoms. The second-order valence-electron chi connectivity index (χ2n) is 8.07. The molecule has 0 aliphatic rings. The SMILES string of the molecule is COc1cc(OC)c(OC)cc1CNC(=O)COC(=O)CCCc1nc(C(C)(C)C)no1. The standard InChI is InChI=1S/C22H31N3O7/c1-22(2,3)21-24-19(32-25-21)8-7-9-20(27)31-13-18(26)23-12-14-10-16(29-5)17(30-6)11-15(14)28-4/h10-11H,7-9,12-13H2,1-6H3,(H,23,26). The van der Waals surface area contributed by atoms with Crippen LogP contribution in [0.1, 0.15) is 50.9 Å². The first-order valence-electron chi connectivity index (χ1n) is 10.2. The maximum Gasteiger partial charge on any atom is 0.306 e. The van der Waals surface area contributed by atoms with Gasteiger partial charge in [0.25, 0.3) is 5.91 Å². The first-order valence-corrected chi connectivity index (χ1v) is 10.2. The van der Waals surface area contributed by atoms with E-state index in [4.69, 9.17) is 23.5 Å². The lowest BCUT2D eigenvalue weighted by molar-refractivity contribution is -0.148. The predicted octanol–water partition coefficient (Wildman–Crippen LogP) is 2.58. The van der Waals surface area contributed by atoms with Gasteiger partial charge in [-0.05, 0) is 12.5 Å². The Labute approximate surface area is 187 Å². The van der Waals surface area contributed by atoms with Crippen molar-refractivity contribution in [3.8, 4) is 17.2 Å². The smallest absolute Gasteiger partial charge is 0.306 e. The molecule has 10 heteroatoms. The molecule has 1 amide bonds. The monoisotopic (exact) mass is 449 g/mol. The van der Waals surface area contributed by atoms with E-state index in [2.05, 4.69) is 15.5 Å². The third-order valence-electron chi connectivity index (χ3n) is 4.54. The zero-order chi connectivity index (χ0) is 23.7. The predicted molar refractivity (Wildman–Crippen MR) is 115 cm³/mol. The summed E-state index contributed by atoms with van der Waals surface area (Å²) in [5.41, 5.74) is 0.494. The molecule has 10 nitrogen and oxygen atoms in total. The Morgan fingerprint density at radius 1 is 1.03 bits per heavy atom. The number of hydrogen-bond acceptors (Lipinski definition) is 9. The number of aromatic nitrogens is 2. The molecular formula is C22H31N3O7. The van der Waals surface area contributed by atoms with Crippen LogP contribution >= 0.6 is 0 Å². The maximum absolute atomic E-state index is 12.1. The number of hydrogen-bond donors (Lipinski definition) is 1. The zero-order valence-corrected chi connectivity index (χ0v) is 19.4. The lowest BCUT2D eigenvalue weighted by Crippen LogP contribution is -2.28. The van der Waals surface area contributed by atoms with Crippen LogP contribution in [0.4, 0.5) is 0 Å². The van der Waals surface area contributed by atoms with Gasteiger partial charge in [0.2, 0.25) is 5.89 Å². The van der Waals surface area contributed by atoms with E-state index in [0.29, 0.717) is 47.4 Å². The molecule has 0 spiro atoms. The van der Waals surface area contributed by atoms with E-state index in [9.17, 15) is 9.59 Å². The highest BCUT2D eigenvalue weighted by Gasteiger charge is 2.21. The number of rotatable bonds is 11. The fourth-order valence-electron chi connectivity index (χ4n) is 2.74. The number of benzene rings is 1. The van der Waals surface area contributed by atoms with Crippen molar-refractivity contribution in [1.82, 2.24) is 15.5 Å². The van der Waals surface area contributed by atoms with Gasteiger partial charge in [-0.15, -0.1) is 0 Å². The van der Waals surface area contributed by atoms with Crippen molar-refractivity contribution in [2.24, 2.45) is 0 Å². The van der Waals surface area contributed by atoms with Crippen LogP contribution in [0, 0.1) is 0 Å². The highest BCUT2D eigenvalue weighted by atomic mass is 16.5. The topological polar surface area (TPSA) is 122 Å². The van der Waals surface area contributed by atoms with E-state index in [1.807, 2.05) is 20.8 Å². The quantitative estimate of drug-likeness (QED) is 0.516. The summed E-state index contributed by atoms with van der Waals surface area (Å²) in [6, 6.07) is 3.39. The number of carbonyl (C=O) groups excluding carboxylic acids is 2. The third-order valence-corrected chi connectivity index (χ3v) is 4.54. The molecule has 176 valence electrons. The average Bonchev–Trinajstić information content (AvgIpc) is 3.25. The summed E-state index contributed by atoms with van der Waals surface area (Å²) in [5.74, 6) is 1.77. The van der Waals surface area contributed by atoms with E-state index in [1.165, 1.54) is 21.3 Å². The van der Waals surface area contributed by atoms with Crippen molar-refractivity contribution < 1.29 is 33.1 Å². The molecule has 1 N–H and O–H groups in total. The van der Waals surface area contributed by atoms with Crippen molar-refractivity contribution in [3.05, 3.63) is 29.4 Å². The molecule has 0 fully saturated rings. The first-order chi connectivity index (χ1) is 15.2. The van der Waals surface area contributed by atoms with E-state index in [0.717, 1.165) is 0 Å². The zero-order valence-electron chi connectivity index (χ0n) is 19.4. The molecule has 0 radical (unpaired) electrons. The van der Waals surface area contributed by atoms with E-state index in [-0.39, 0.29) is 25.0 Å². The van der Waals surface area contributed by atoms with Gasteiger partial charge in [0.15, 0.2) is 23.9 Å². The minimum atomic E-state index is -0.473. The van der Waals surface area contributed by atoms with Crippen LogP contribution in [-0.2, 0) is 32.7 Å². The van der Waals surface area contributed by atoms with Crippen LogP contribution in [0.5, 0.6) is 17.2 Å². The molecule has 0 aliphatic heterocycles.